The van der Waals surface area contributed by atoms with Gasteiger partial charge in [0.1, 0.15) is 18.1 Å². The topological polar surface area (TPSA) is 77.7 Å². The van der Waals surface area contributed by atoms with Crippen LogP contribution in [0.3, 0.4) is 0 Å². The van der Waals surface area contributed by atoms with Gasteiger partial charge in [-0.15, -0.1) is 0 Å². The molecule has 0 spiro atoms. The van der Waals surface area contributed by atoms with Crippen LogP contribution in [0.1, 0.15) is 27.0 Å². The van der Waals surface area contributed by atoms with Crippen LogP contribution in [0.25, 0.3) is 0 Å². The van der Waals surface area contributed by atoms with Crippen LogP contribution in [0.2, 0.25) is 0 Å². The van der Waals surface area contributed by atoms with Crippen molar-refractivity contribution in [2.75, 3.05) is 14.2 Å². The fraction of sp³-hybridized carbons (Fsp3) is 0.217. The predicted octanol–water partition coefficient (Wildman–Crippen LogP) is 3.40. The first kappa shape index (κ1) is 20.4. The predicted molar refractivity (Wildman–Crippen MR) is 112 cm³/mol. The smallest absolute Gasteiger partial charge is 0.248 e. The Bertz CT molecular complexity index is 943. The Morgan fingerprint density at radius 3 is 2.52 bits per heavy atom. The van der Waals surface area contributed by atoms with E-state index >= 15 is 0 Å². The molecule has 0 saturated heterocycles. The van der Waals surface area contributed by atoms with Crippen LogP contribution in [0, 0.1) is 0 Å². The molecule has 0 aliphatic heterocycles. The van der Waals surface area contributed by atoms with E-state index in [0.717, 1.165) is 34.7 Å². The molecule has 0 bridgehead atoms. The van der Waals surface area contributed by atoms with Gasteiger partial charge in [0.15, 0.2) is 0 Å². The van der Waals surface area contributed by atoms with Crippen LogP contribution in [0.4, 0.5) is 0 Å². The molecule has 150 valence electrons. The summed E-state index contributed by atoms with van der Waals surface area (Å²) >= 11 is 0. The van der Waals surface area contributed by atoms with Crippen molar-refractivity contribution in [3.8, 4) is 11.5 Å². The molecule has 2 aromatic carbocycles. The quantitative estimate of drug-likeness (QED) is 0.605. The molecule has 3 aromatic rings. The van der Waals surface area contributed by atoms with Crippen LogP contribution in [0.15, 0.2) is 67.0 Å². The van der Waals surface area contributed by atoms with E-state index in [1.54, 1.807) is 25.4 Å². The molecule has 0 aliphatic carbocycles. The van der Waals surface area contributed by atoms with Crippen LogP contribution in [0.5, 0.6) is 11.5 Å². The zero-order chi connectivity index (χ0) is 20.6. The molecule has 0 saturated carbocycles. The van der Waals surface area contributed by atoms with Gasteiger partial charge in [0.05, 0.1) is 7.11 Å². The fourth-order valence-corrected chi connectivity index (χ4v) is 3.05. The molecule has 2 N–H and O–H groups in total. The van der Waals surface area contributed by atoms with Gasteiger partial charge in [-0.25, -0.2) is 0 Å². The number of ether oxygens (including phenoxy) is 2. The molecular weight excluding hydrogens is 366 g/mol. The van der Waals surface area contributed by atoms with Crippen molar-refractivity contribution in [1.29, 1.82) is 0 Å². The minimum absolute atomic E-state index is 0.399. The van der Waals surface area contributed by atoms with E-state index in [0.29, 0.717) is 18.7 Å². The molecular formula is C23H25N3O3. The molecule has 1 heterocycles. The van der Waals surface area contributed by atoms with Gasteiger partial charge in [-0.2, -0.15) is 0 Å². The van der Waals surface area contributed by atoms with Gasteiger partial charge in [0, 0.05) is 36.6 Å². The molecule has 0 atom stereocenters. The Balaban J connectivity index is 1.65. The Labute approximate surface area is 170 Å². The van der Waals surface area contributed by atoms with Gasteiger partial charge >= 0.3 is 0 Å². The van der Waals surface area contributed by atoms with E-state index in [-0.39, 0.29) is 0 Å². The number of methoxy groups -OCH3 is 1. The molecule has 0 unspecified atom stereocenters. The monoisotopic (exact) mass is 391 g/mol. The van der Waals surface area contributed by atoms with Gasteiger partial charge < -0.3 is 15.2 Å². The third-order valence-corrected chi connectivity index (χ3v) is 4.51. The normalized spacial score (nSPS) is 10.7. The number of primary amides is 1. The average molecular weight is 391 g/mol. The molecule has 1 aromatic heterocycles. The summed E-state index contributed by atoms with van der Waals surface area (Å²) in [7, 11) is 3.72. The van der Waals surface area contributed by atoms with E-state index in [9.17, 15) is 4.79 Å². The van der Waals surface area contributed by atoms with Crippen molar-refractivity contribution in [3.05, 3.63) is 89.2 Å². The first-order valence-corrected chi connectivity index (χ1v) is 9.31. The first-order valence-electron chi connectivity index (χ1n) is 9.31. The number of benzene rings is 2. The molecule has 0 aliphatic rings. The van der Waals surface area contributed by atoms with Crippen molar-refractivity contribution in [2.24, 2.45) is 5.73 Å². The highest BCUT2D eigenvalue weighted by Gasteiger charge is 2.10. The number of carbonyl (C=O) groups excluding carboxylic acids is 1. The van der Waals surface area contributed by atoms with Crippen LogP contribution in [-0.2, 0) is 19.7 Å². The lowest BCUT2D eigenvalue weighted by atomic mass is 10.1. The number of aromatic nitrogens is 1. The maximum Gasteiger partial charge on any atom is 0.248 e. The molecule has 0 fully saturated rings. The van der Waals surface area contributed by atoms with Gasteiger partial charge in [0.25, 0.3) is 0 Å². The number of pyridine rings is 1. The van der Waals surface area contributed by atoms with Crippen LogP contribution < -0.4 is 15.2 Å². The highest BCUT2D eigenvalue weighted by molar-refractivity contribution is 5.92. The third-order valence-electron chi connectivity index (χ3n) is 4.51. The van der Waals surface area contributed by atoms with E-state index in [1.807, 2.05) is 42.6 Å². The van der Waals surface area contributed by atoms with Crippen molar-refractivity contribution in [3.63, 3.8) is 0 Å². The summed E-state index contributed by atoms with van der Waals surface area (Å²) in [4.78, 5) is 17.5. The number of nitrogens with zero attached hydrogens (tertiary/aromatic N) is 2. The van der Waals surface area contributed by atoms with Crippen LogP contribution in [-0.4, -0.2) is 29.9 Å². The Morgan fingerprint density at radius 1 is 1.07 bits per heavy atom. The molecule has 29 heavy (non-hydrogen) atoms. The largest absolute Gasteiger partial charge is 0.496 e. The summed E-state index contributed by atoms with van der Waals surface area (Å²) < 4.78 is 11.4. The summed E-state index contributed by atoms with van der Waals surface area (Å²) in [5.41, 5.74) is 8.91. The van der Waals surface area contributed by atoms with Gasteiger partial charge in [-0.3, -0.25) is 14.7 Å². The Hall–Kier alpha value is -3.38. The minimum Gasteiger partial charge on any atom is -0.496 e. The number of hydrogen-bond donors (Lipinski definition) is 1. The van der Waals surface area contributed by atoms with Crippen LogP contribution >= 0.6 is 0 Å². The lowest BCUT2D eigenvalue weighted by Crippen LogP contribution is -2.17. The maximum atomic E-state index is 11.2. The number of carbonyl (C=O) groups is 1. The average Bonchev–Trinajstić information content (AvgIpc) is 2.73. The second kappa shape index (κ2) is 9.71. The number of hydrogen-bond acceptors (Lipinski definition) is 5. The number of amides is 1. The van der Waals surface area contributed by atoms with Crippen molar-refractivity contribution >= 4 is 5.91 Å². The van der Waals surface area contributed by atoms with Crippen molar-refractivity contribution in [1.82, 2.24) is 9.88 Å². The molecule has 1 amide bonds. The van der Waals surface area contributed by atoms with E-state index in [1.165, 1.54) is 0 Å². The van der Waals surface area contributed by atoms with Gasteiger partial charge in [-0.05, 0) is 54.6 Å². The number of nitrogens with two attached hydrogens (primary N) is 1. The lowest BCUT2D eigenvalue weighted by molar-refractivity contribution is 0.1000. The van der Waals surface area contributed by atoms with Gasteiger partial charge in [0.2, 0.25) is 5.91 Å². The summed E-state index contributed by atoms with van der Waals surface area (Å²) in [6.07, 6.45) is 3.64. The number of rotatable bonds is 9. The minimum atomic E-state index is -0.437. The highest BCUT2D eigenvalue weighted by Crippen LogP contribution is 2.26. The second-order valence-corrected chi connectivity index (χ2v) is 6.86. The first-order chi connectivity index (χ1) is 14.0. The zero-order valence-corrected chi connectivity index (χ0v) is 16.7. The summed E-state index contributed by atoms with van der Waals surface area (Å²) in [6.45, 7) is 1.90. The SMILES string of the molecule is COc1ccc(OCc2ccc(C(N)=O)cc2)cc1CN(C)Cc1cccnc1. The Morgan fingerprint density at radius 2 is 1.86 bits per heavy atom. The zero-order valence-electron chi connectivity index (χ0n) is 16.7. The third kappa shape index (κ3) is 5.80. The summed E-state index contributed by atoms with van der Waals surface area (Å²) in [5, 5.41) is 0. The standard InChI is InChI=1S/C23H25N3O3/c1-26(14-18-4-3-11-25-13-18)15-20-12-21(9-10-22(20)28-2)29-16-17-5-7-19(8-6-17)23(24)27/h3-13H,14-16H2,1-2H3,(H2,24,27). The van der Waals surface area contributed by atoms with E-state index in [4.69, 9.17) is 15.2 Å². The molecule has 6 heteroatoms. The fourth-order valence-electron chi connectivity index (χ4n) is 3.05. The summed E-state index contributed by atoms with van der Waals surface area (Å²) in [5.74, 6) is 1.14. The van der Waals surface area contributed by atoms with Crippen molar-refractivity contribution < 1.29 is 14.3 Å². The van der Waals surface area contributed by atoms with Gasteiger partial charge in [-0.1, -0.05) is 18.2 Å². The Kier molecular flexibility index (Phi) is 6.81. The van der Waals surface area contributed by atoms with E-state index in [2.05, 4.69) is 23.0 Å². The molecule has 0 radical (unpaired) electrons. The lowest BCUT2D eigenvalue weighted by Gasteiger charge is -2.19. The van der Waals surface area contributed by atoms with Crippen molar-refractivity contribution in [2.45, 2.75) is 19.7 Å². The molecule has 6 nitrogen and oxygen atoms in total. The second-order valence-electron chi connectivity index (χ2n) is 6.86. The highest BCUT2D eigenvalue weighted by atomic mass is 16.5. The maximum absolute atomic E-state index is 11.2. The summed E-state index contributed by atoms with van der Waals surface area (Å²) in [6, 6.07) is 16.9. The van der Waals surface area contributed by atoms with E-state index < -0.39 is 5.91 Å². The molecule has 3 rings (SSSR count).